The summed E-state index contributed by atoms with van der Waals surface area (Å²) in [6, 6.07) is 16.6. The Kier molecular flexibility index (Phi) is 10.2. The largest absolute Gasteiger partial charge is 0.488 e. The summed E-state index contributed by atoms with van der Waals surface area (Å²) in [5.74, 6) is -0.407. The van der Waals surface area contributed by atoms with Gasteiger partial charge in [-0.15, -0.1) is 0 Å². The van der Waals surface area contributed by atoms with Crippen molar-refractivity contribution >= 4 is 68.8 Å². The first-order valence-corrected chi connectivity index (χ1v) is 12.8. The zero-order valence-electron chi connectivity index (χ0n) is 19.4. The van der Waals surface area contributed by atoms with E-state index in [-0.39, 0.29) is 10.9 Å². The predicted molar refractivity (Wildman–Crippen MR) is 148 cm³/mol. The maximum atomic E-state index is 12.7. The van der Waals surface area contributed by atoms with Crippen LogP contribution in [0.1, 0.15) is 35.3 Å². The van der Waals surface area contributed by atoms with Crippen molar-refractivity contribution in [1.29, 1.82) is 0 Å². The summed E-state index contributed by atoms with van der Waals surface area (Å²) in [5.41, 5.74) is 4.52. The number of halogens is 4. The van der Waals surface area contributed by atoms with Crippen LogP contribution >= 0.6 is 50.7 Å². The third-order valence-corrected chi connectivity index (χ3v) is 6.68. The molecule has 3 aromatic rings. The lowest BCUT2D eigenvalue weighted by Gasteiger charge is -2.20. The van der Waals surface area contributed by atoms with Gasteiger partial charge in [-0.25, -0.2) is 5.43 Å². The summed E-state index contributed by atoms with van der Waals surface area (Å²) in [7, 11) is 0. The summed E-state index contributed by atoms with van der Waals surface area (Å²) < 4.78 is 6.58. The van der Waals surface area contributed by atoms with Crippen LogP contribution in [0.4, 0.5) is 0 Å². The Labute approximate surface area is 233 Å². The van der Waals surface area contributed by atoms with Crippen LogP contribution in [-0.4, -0.2) is 24.1 Å². The Morgan fingerprint density at radius 2 is 1.72 bits per heavy atom. The number of carbonyl (C=O) groups is 2. The van der Waals surface area contributed by atoms with Crippen molar-refractivity contribution in [3.8, 4) is 5.75 Å². The fraction of sp³-hybridized carbons (Fsp3) is 0.192. The third-order valence-electron chi connectivity index (χ3n) is 5.07. The molecule has 0 saturated carbocycles. The number of benzene rings is 3. The van der Waals surface area contributed by atoms with Crippen molar-refractivity contribution in [2.75, 3.05) is 0 Å². The smallest absolute Gasteiger partial charge is 0.262 e. The van der Waals surface area contributed by atoms with Crippen LogP contribution in [0.5, 0.6) is 5.75 Å². The van der Waals surface area contributed by atoms with Crippen molar-refractivity contribution in [1.82, 2.24) is 10.7 Å². The Hall–Kier alpha value is -2.58. The molecule has 3 aromatic carbocycles. The van der Waals surface area contributed by atoms with Gasteiger partial charge in [0, 0.05) is 10.6 Å². The molecule has 6 nitrogen and oxygen atoms in total. The van der Waals surface area contributed by atoms with E-state index >= 15 is 0 Å². The minimum atomic E-state index is -0.806. The monoisotopic (exact) mass is 609 g/mol. The van der Waals surface area contributed by atoms with Crippen LogP contribution < -0.4 is 15.5 Å². The first kappa shape index (κ1) is 28.0. The van der Waals surface area contributed by atoms with Gasteiger partial charge in [-0.05, 0) is 81.5 Å². The second-order valence-corrected chi connectivity index (χ2v) is 10.3. The van der Waals surface area contributed by atoms with Gasteiger partial charge in [0.15, 0.2) is 0 Å². The lowest BCUT2D eigenvalue weighted by atomic mass is 10.0. The van der Waals surface area contributed by atoms with E-state index in [0.29, 0.717) is 28.0 Å². The fourth-order valence-electron chi connectivity index (χ4n) is 3.09. The molecule has 0 radical (unpaired) electrons. The van der Waals surface area contributed by atoms with E-state index in [9.17, 15) is 9.59 Å². The van der Waals surface area contributed by atoms with Crippen molar-refractivity contribution in [3.63, 3.8) is 0 Å². The van der Waals surface area contributed by atoms with Gasteiger partial charge in [-0.3, -0.25) is 9.59 Å². The SMILES string of the molecule is CC(C)C(NC(=O)c1ccc(Cl)c(Cl)c1)C(=O)N/N=C/c1ccc(OCc2ccc(Cl)cc2)c(Br)c1. The Bertz CT molecular complexity index is 1270. The molecule has 0 aliphatic rings. The van der Waals surface area contributed by atoms with E-state index in [2.05, 4.69) is 31.8 Å². The molecule has 0 fully saturated rings. The van der Waals surface area contributed by atoms with Crippen LogP contribution in [0.3, 0.4) is 0 Å². The number of ether oxygens (including phenoxy) is 1. The molecule has 2 N–H and O–H groups in total. The van der Waals surface area contributed by atoms with Gasteiger partial charge in [0.25, 0.3) is 11.8 Å². The van der Waals surface area contributed by atoms with E-state index in [1.807, 2.05) is 50.2 Å². The minimum absolute atomic E-state index is 0.182. The van der Waals surface area contributed by atoms with Crippen molar-refractivity contribution < 1.29 is 14.3 Å². The Morgan fingerprint density at radius 1 is 1.00 bits per heavy atom. The highest BCUT2D eigenvalue weighted by Gasteiger charge is 2.24. The first-order valence-electron chi connectivity index (χ1n) is 10.9. The second-order valence-electron chi connectivity index (χ2n) is 8.16. The van der Waals surface area contributed by atoms with Crippen LogP contribution in [0, 0.1) is 5.92 Å². The van der Waals surface area contributed by atoms with E-state index in [0.717, 1.165) is 15.6 Å². The summed E-state index contributed by atoms with van der Waals surface area (Å²) in [6.45, 7) is 4.04. The lowest BCUT2D eigenvalue weighted by molar-refractivity contribution is -0.123. The molecule has 0 aliphatic carbocycles. The van der Waals surface area contributed by atoms with Gasteiger partial charge < -0.3 is 10.1 Å². The first-order chi connectivity index (χ1) is 17.1. The van der Waals surface area contributed by atoms with Crippen LogP contribution in [0.25, 0.3) is 0 Å². The molecule has 0 heterocycles. The number of carbonyl (C=O) groups excluding carboxylic acids is 2. The molecule has 0 aliphatic heterocycles. The normalized spacial score (nSPS) is 12.0. The van der Waals surface area contributed by atoms with Gasteiger partial charge >= 0.3 is 0 Å². The number of nitrogens with one attached hydrogen (secondary N) is 2. The molecule has 1 atom stereocenters. The molecule has 0 spiro atoms. The van der Waals surface area contributed by atoms with Gasteiger partial charge in [0.05, 0.1) is 20.7 Å². The Balaban J connectivity index is 1.58. The summed E-state index contributed by atoms with van der Waals surface area (Å²) in [5, 5.41) is 8.02. The molecule has 0 saturated heterocycles. The highest BCUT2D eigenvalue weighted by atomic mass is 79.9. The molecule has 10 heteroatoms. The van der Waals surface area contributed by atoms with E-state index < -0.39 is 17.9 Å². The number of amides is 2. The van der Waals surface area contributed by atoms with Crippen molar-refractivity contribution in [3.05, 3.63) is 96.9 Å². The molecule has 0 bridgehead atoms. The zero-order valence-corrected chi connectivity index (χ0v) is 23.3. The van der Waals surface area contributed by atoms with E-state index in [1.165, 1.54) is 24.4 Å². The fourth-order valence-corrected chi connectivity index (χ4v) is 4.03. The molecule has 188 valence electrons. The molecular formula is C26H23BrCl3N3O3. The minimum Gasteiger partial charge on any atom is -0.488 e. The van der Waals surface area contributed by atoms with Crippen LogP contribution in [-0.2, 0) is 11.4 Å². The molecule has 36 heavy (non-hydrogen) atoms. The van der Waals surface area contributed by atoms with Crippen molar-refractivity contribution in [2.24, 2.45) is 11.0 Å². The summed E-state index contributed by atoms with van der Waals surface area (Å²) >= 11 is 21.3. The predicted octanol–water partition coefficient (Wildman–Crippen LogP) is 6.89. The van der Waals surface area contributed by atoms with E-state index in [1.54, 1.807) is 6.07 Å². The number of nitrogens with zero attached hydrogens (tertiary/aromatic N) is 1. The highest BCUT2D eigenvalue weighted by molar-refractivity contribution is 9.10. The van der Waals surface area contributed by atoms with E-state index in [4.69, 9.17) is 39.5 Å². The number of hydrogen-bond acceptors (Lipinski definition) is 4. The van der Waals surface area contributed by atoms with Crippen LogP contribution in [0.15, 0.2) is 70.2 Å². The average molecular weight is 612 g/mol. The van der Waals surface area contributed by atoms with Crippen LogP contribution in [0.2, 0.25) is 15.1 Å². The van der Waals surface area contributed by atoms with Crippen molar-refractivity contribution in [2.45, 2.75) is 26.5 Å². The third kappa shape index (κ3) is 7.96. The van der Waals surface area contributed by atoms with Gasteiger partial charge in [0.2, 0.25) is 0 Å². The zero-order chi connectivity index (χ0) is 26.2. The molecule has 1 unspecified atom stereocenters. The Morgan fingerprint density at radius 3 is 2.36 bits per heavy atom. The average Bonchev–Trinajstić information content (AvgIpc) is 2.84. The molecule has 3 rings (SSSR count). The topological polar surface area (TPSA) is 79.8 Å². The summed E-state index contributed by atoms with van der Waals surface area (Å²) in [6.07, 6.45) is 1.50. The molecule has 0 aromatic heterocycles. The second kappa shape index (κ2) is 13.1. The maximum Gasteiger partial charge on any atom is 0.262 e. The summed E-state index contributed by atoms with van der Waals surface area (Å²) in [4.78, 5) is 25.3. The highest BCUT2D eigenvalue weighted by Crippen LogP contribution is 2.27. The molecule has 2 amide bonds. The quantitative estimate of drug-likeness (QED) is 0.204. The van der Waals surface area contributed by atoms with Gasteiger partial charge in [-0.2, -0.15) is 5.10 Å². The standard InChI is InChI=1S/C26H23BrCl3N3O3/c1-15(2)24(32-25(34)18-6-9-21(29)22(30)12-18)26(35)33-31-13-17-5-10-23(20(27)11-17)36-14-16-3-7-19(28)8-4-16/h3-13,15,24H,14H2,1-2H3,(H,32,34)(H,33,35)/b31-13+. The number of hydrazone groups is 1. The maximum absolute atomic E-state index is 12.7. The van der Waals surface area contributed by atoms with Gasteiger partial charge in [0.1, 0.15) is 18.4 Å². The lowest BCUT2D eigenvalue weighted by Crippen LogP contribution is -2.48. The van der Waals surface area contributed by atoms with Gasteiger partial charge in [-0.1, -0.05) is 60.8 Å². The number of hydrogen-bond donors (Lipinski definition) is 2. The molecular weight excluding hydrogens is 589 g/mol. The number of rotatable bonds is 9.